The summed E-state index contributed by atoms with van der Waals surface area (Å²) in [6.07, 6.45) is -12.3. The lowest BCUT2D eigenvalue weighted by molar-refractivity contribution is -0.135. The minimum atomic E-state index is -5.40. The summed E-state index contributed by atoms with van der Waals surface area (Å²) >= 11 is 0. The van der Waals surface area contributed by atoms with Gasteiger partial charge in [0.15, 0.2) is 12.5 Å². The predicted molar refractivity (Wildman–Crippen MR) is 113 cm³/mol. The Labute approximate surface area is 205 Å². The number of aliphatic hydroxyl groups is 7. The van der Waals surface area contributed by atoms with E-state index < -0.39 is 89.1 Å². The Kier molecular flexibility index (Phi) is 12.5. The number of hydrogen-bond donors (Lipinski definition) is 11. The Morgan fingerprint density at radius 1 is 1.08 bits per heavy atom. The lowest BCUT2D eigenvalue weighted by atomic mass is 10.0. The van der Waals surface area contributed by atoms with Gasteiger partial charge >= 0.3 is 21.3 Å². The third-order valence-corrected chi connectivity index (χ3v) is 6.73. The van der Waals surface area contributed by atoms with Gasteiger partial charge in [-0.1, -0.05) is 0 Å². The monoisotopic (exact) mass is 584 g/mol. The van der Waals surface area contributed by atoms with Gasteiger partial charge in [-0.15, -0.1) is 0 Å². The van der Waals surface area contributed by atoms with E-state index in [1.165, 1.54) is 0 Å². The first kappa shape index (κ1) is 33.3. The number of phosphoric acid groups is 2. The van der Waals surface area contributed by atoms with E-state index in [0.29, 0.717) is 0 Å². The Bertz CT molecular complexity index is 1090. The van der Waals surface area contributed by atoms with Crippen molar-refractivity contribution in [2.24, 2.45) is 0 Å². The van der Waals surface area contributed by atoms with Gasteiger partial charge in [-0.3, -0.25) is 18.9 Å². The molecule has 0 spiro atoms. The van der Waals surface area contributed by atoms with Gasteiger partial charge in [0.05, 0.1) is 13.2 Å². The van der Waals surface area contributed by atoms with E-state index in [2.05, 4.69) is 8.83 Å². The number of nitrogens with zero attached hydrogens (tertiary/aromatic N) is 1. The fourth-order valence-electron chi connectivity index (χ4n) is 2.77. The Morgan fingerprint density at radius 2 is 1.68 bits per heavy atom. The van der Waals surface area contributed by atoms with E-state index in [1.54, 1.807) is 0 Å². The quantitative estimate of drug-likeness (QED) is 0.0851. The second-order valence-electron chi connectivity index (χ2n) is 7.22. The molecule has 2 heterocycles. The Balaban J connectivity index is 0.000000373. The molecule has 214 valence electrons. The number of aliphatic hydroxyl groups excluding tert-OH is 7. The standard InChI is InChI=1S/C9H12N2O6.C6H14O12P2/c12-3-4-6(14)7(15)8(17-4)11-2-1-5(13)10-9(11)16;7-1-3(9)5(10)6(11)4(2-8)17-20(15,16)18-19(12,13)14/h1-2,4,6-8,12,14-15H,3H2,(H,10,13,16);1,3-6,8-11H,2H2,(H,15,16)(H2,12,13,14)/t4-,6-,7-,8-;/m1./s1. The van der Waals surface area contributed by atoms with Gasteiger partial charge in [-0.05, 0) is 0 Å². The summed E-state index contributed by atoms with van der Waals surface area (Å²) in [5.74, 6) is 0. The first-order chi connectivity index (χ1) is 17.0. The maximum absolute atomic E-state index is 11.4. The van der Waals surface area contributed by atoms with E-state index in [0.717, 1.165) is 16.8 Å². The highest BCUT2D eigenvalue weighted by Gasteiger charge is 2.44. The van der Waals surface area contributed by atoms with Gasteiger partial charge in [0, 0.05) is 12.3 Å². The lowest BCUT2D eigenvalue weighted by Crippen LogP contribution is -2.47. The van der Waals surface area contributed by atoms with Crippen LogP contribution in [0.5, 0.6) is 0 Å². The zero-order valence-corrected chi connectivity index (χ0v) is 20.1. The number of carbonyl (C=O) groups excluding carboxylic acids is 1. The van der Waals surface area contributed by atoms with Crippen molar-refractivity contribution in [1.82, 2.24) is 9.55 Å². The van der Waals surface area contributed by atoms with Gasteiger partial charge in [-0.25, -0.2) is 13.9 Å². The molecule has 1 aliphatic rings. The maximum atomic E-state index is 11.4. The zero-order chi connectivity index (χ0) is 28.7. The Hall–Kier alpha value is -1.71. The number of aromatic amines is 1. The predicted octanol–water partition coefficient (Wildman–Crippen LogP) is -6.00. The highest BCUT2D eigenvalue weighted by molar-refractivity contribution is 7.60. The van der Waals surface area contributed by atoms with Crippen molar-refractivity contribution in [3.63, 3.8) is 0 Å². The normalized spacial score (nSPS) is 26.8. The van der Waals surface area contributed by atoms with Crippen molar-refractivity contribution in [1.29, 1.82) is 0 Å². The average Bonchev–Trinajstić information content (AvgIpc) is 3.08. The highest BCUT2D eigenvalue weighted by Crippen LogP contribution is 2.58. The molecule has 22 heteroatoms. The Morgan fingerprint density at radius 3 is 2.11 bits per heavy atom. The molecule has 0 amide bonds. The molecule has 9 atom stereocenters. The number of nitrogens with one attached hydrogen (secondary N) is 1. The molecule has 37 heavy (non-hydrogen) atoms. The van der Waals surface area contributed by atoms with Crippen LogP contribution in [-0.4, -0.2) is 122 Å². The van der Waals surface area contributed by atoms with Crippen LogP contribution in [0.4, 0.5) is 0 Å². The van der Waals surface area contributed by atoms with E-state index in [1.807, 2.05) is 4.98 Å². The summed E-state index contributed by atoms with van der Waals surface area (Å²) in [6.45, 7) is -1.67. The third kappa shape index (κ3) is 9.84. The van der Waals surface area contributed by atoms with Crippen LogP contribution in [0, 0.1) is 0 Å². The number of rotatable bonds is 11. The summed E-state index contributed by atoms with van der Waals surface area (Å²) in [4.78, 5) is 60.1. The number of aldehydes is 1. The van der Waals surface area contributed by atoms with Crippen molar-refractivity contribution in [3.05, 3.63) is 33.1 Å². The van der Waals surface area contributed by atoms with Crippen molar-refractivity contribution in [2.75, 3.05) is 13.2 Å². The largest absolute Gasteiger partial charge is 0.481 e. The fourth-order valence-corrected chi connectivity index (χ4v) is 4.53. The first-order valence-corrected chi connectivity index (χ1v) is 12.8. The average molecular weight is 584 g/mol. The molecule has 5 unspecified atom stereocenters. The number of H-pyrrole nitrogens is 1. The molecular formula is C15H26N2O18P2. The van der Waals surface area contributed by atoms with Gasteiger partial charge in [0.2, 0.25) is 0 Å². The van der Waals surface area contributed by atoms with Crippen LogP contribution < -0.4 is 11.2 Å². The van der Waals surface area contributed by atoms with Crippen LogP contribution in [0.1, 0.15) is 6.23 Å². The van der Waals surface area contributed by atoms with Gasteiger partial charge < -0.3 is 60.0 Å². The molecule has 11 N–H and O–H groups in total. The van der Waals surface area contributed by atoms with Crippen molar-refractivity contribution in [2.45, 2.75) is 49.0 Å². The van der Waals surface area contributed by atoms with E-state index in [-0.39, 0.29) is 6.29 Å². The summed E-state index contributed by atoms with van der Waals surface area (Å²) in [7, 11) is -10.8. The van der Waals surface area contributed by atoms with Crippen LogP contribution >= 0.6 is 15.6 Å². The van der Waals surface area contributed by atoms with E-state index >= 15 is 0 Å². The molecule has 20 nitrogen and oxygen atoms in total. The molecule has 1 fully saturated rings. The number of carbonyl (C=O) groups is 1. The van der Waals surface area contributed by atoms with E-state index in [4.69, 9.17) is 34.7 Å². The van der Waals surface area contributed by atoms with Crippen LogP contribution in [0.3, 0.4) is 0 Å². The van der Waals surface area contributed by atoms with Crippen LogP contribution in [0.2, 0.25) is 0 Å². The SMILES string of the molecule is O=CC(O)C(O)C(O)C(CO)OP(=O)(O)OP(=O)(O)O.O=c1ccn([C@@H]2O[C@H](CO)[C@@H](O)[C@H]2O)c(=O)[nH]1. The second-order valence-corrected chi connectivity index (χ2v) is 10.0. The molecular weight excluding hydrogens is 558 g/mol. The summed E-state index contributed by atoms with van der Waals surface area (Å²) < 4.78 is 35.0. The molecule has 1 aromatic heterocycles. The molecule has 0 aliphatic carbocycles. The lowest BCUT2D eigenvalue weighted by Gasteiger charge is -2.27. The number of phosphoric ester groups is 1. The molecule has 0 bridgehead atoms. The highest BCUT2D eigenvalue weighted by atomic mass is 31.3. The number of hydrogen-bond acceptors (Lipinski definition) is 15. The fraction of sp³-hybridized carbons (Fsp3) is 0.667. The van der Waals surface area contributed by atoms with Crippen molar-refractivity contribution >= 4 is 21.9 Å². The molecule has 1 aromatic rings. The molecule has 0 aromatic carbocycles. The maximum Gasteiger partial charge on any atom is 0.481 e. The molecule has 1 saturated heterocycles. The minimum Gasteiger partial charge on any atom is -0.394 e. The number of ether oxygens (including phenoxy) is 1. The van der Waals surface area contributed by atoms with Crippen LogP contribution in [0.25, 0.3) is 0 Å². The molecule has 2 rings (SSSR count). The molecule has 1 aliphatic heterocycles. The van der Waals surface area contributed by atoms with Crippen LogP contribution in [0.15, 0.2) is 21.9 Å². The molecule has 0 radical (unpaired) electrons. The van der Waals surface area contributed by atoms with Crippen molar-refractivity contribution in [3.8, 4) is 0 Å². The van der Waals surface area contributed by atoms with Gasteiger partial charge in [-0.2, -0.15) is 4.31 Å². The molecule has 0 saturated carbocycles. The topological polar surface area (TPSA) is 336 Å². The van der Waals surface area contributed by atoms with Crippen molar-refractivity contribution < 1.29 is 77.9 Å². The van der Waals surface area contributed by atoms with Gasteiger partial charge in [0.25, 0.3) is 5.56 Å². The minimum absolute atomic E-state index is 0.160. The first-order valence-electron chi connectivity index (χ1n) is 9.80. The van der Waals surface area contributed by atoms with Gasteiger partial charge in [0.1, 0.15) is 42.7 Å². The summed E-state index contributed by atoms with van der Waals surface area (Å²) in [5.41, 5.74) is -1.33. The smallest absolute Gasteiger partial charge is 0.394 e. The summed E-state index contributed by atoms with van der Waals surface area (Å²) in [6, 6.07) is 1.09. The summed E-state index contributed by atoms with van der Waals surface area (Å²) in [5, 5.41) is 64.4. The second kappa shape index (κ2) is 13.9. The number of aromatic nitrogens is 2. The third-order valence-electron chi connectivity index (χ3n) is 4.52. The zero-order valence-electron chi connectivity index (χ0n) is 18.3. The van der Waals surface area contributed by atoms with E-state index in [9.17, 15) is 43.9 Å². The van der Waals surface area contributed by atoms with Crippen LogP contribution in [-0.2, 0) is 27.5 Å².